The topological polar surface area (TPSA) is 44.9 Å². The van der Waals surface area contributed by atoms with Crippen molar-refractivity contribution in [2.24, 2.45) is 13.0 Å². The number of benzene rings is 1. The van der Waals surface area contributed by atoms with Crippen molar-refractivity contribution in [3.8, 4) is 6.07 Å². The van der Waals surface area contributed by atoms with E-state index in [9.17, 15) is 0 Å². The quantitative estimate of drug-likeness (QED) is 0.863. The van der Waals surface area contributed by atoms with Crippen molar-refractivity contribution in [3.05, 3.63) is 29.0 Å². The van der Waals surface area contributed by atoms with E-state index in [4.69, 9.17) is 16.9 Å². The third kappa shape index (κ3) is 3.06. The third-order valence-corrected chi connectivity index (χ3v) is 3.39. The van der Waals surface area contributed by atoms with Gasteiger partial charge in [0.1, 0.15) is 5.82 Å². The van der Waals surface area contributed by atoms with E-state index in [1.54, 1.807) is 0 Å². The highest BCUT2D eigenvalue weighted by Crippen LogP contribution is 2.20. The van der Waals surface area contributed by atoms with E-state index in [0.717, 1.165) is 29.9 Å². The highest BCUT2D eigenvalue weighted by molar-refractivity contribution is 6.31. The molecule has 19 heavy (non-hydrogen) atoms. The number of fused-ring (bicyclic) bond motifs is 1. The Kier molecular flexibility index (Phi) is 4.08. The van der Waals surface area contributed by atoms with Gasteiger partial charge in [-0.05, 0) is 32.2 Å². The Morgan fingerprint density at radius 2 is 2.26 bits per heavy atom. The van der Waals surface area contributed by atoms with E-state index in [-0.39, 0.29) is 5.92 Å². The minimum absolute atomic E-state index is 0.0223. The second-order valence-electron chi connectivity index (χ2n) is 4.95. The van der Waals surface area contributed by atoms with Crippen molar-refractivity contribution in [1.82, 2.24) is 14.5 Å². The van der Waals surface area contributed by atoms with Crippen LogP contribution in [0.3, 0.4) is 0 Å². The summed E-state index contributed by atoms with van der Waals surface area (Å²) < 4.78 is 2.07. The number of aromatic nitrogens is 2. The highest BCUT2D eigenvalue weighted by Gasteiger charge is 2.12. The van der Waals surface area contributed by atoms with Crippen molar-refractivity contribution < 1.29 is 0 Å². The molecule has 1 aromatic heterocycles. The average Bonchev–Trinajstić information content (AvgIpc) is 2.65. The van der Waals surface area contributed by atoms with Gasteiger partial charge in [-0.1, -0.05) is 11.6 Å². The van der Waals surface area contributed by atoms with E-state index < -0.39 is 0 Å². The van der Waals surface area contributed by atoms with Crippen molar-refractivity contribution in [2.45, 2.75) is 13.5 Å². The monoisotopic (exact) mass is 276 g/mol. The summed E-state index contributed by atoms with van der Waals surface area (Å²) in [6.07, 6.45) is 0. The molecule has 2 aromatic rings. The predicted octanol–water partition coefficient (Wildman–Crippen LogP) is 2.82. The number of imidazole rings is 1. The molecule has 100 valence electrons. The molecular weight excluding hydrogens is 260 g/mol. The van der Waals surface area contributed by atoms with Crippen LogP contribution < -0.4 is 0 Å². The molecule has 0 aliphatic carbocycles. The van der Waals surface area contributed by atoms with Crippen molar-refractivity contribution in [1.29, 1.82) is 5.26 Å². The molecule has 1 aromatic carbocycles. The zero-order valence-electron chi connectivity index (χ0n) is 11.4. The Labute approximate surface area is 118 Å². The van der Waals surface area contributed by atoms with Crippen LogP contribution in [-0.2, 0) is 13.6 Å². The molecule has 1 heterocycles. The van der Waals surface area contributed by atoms with E-state index >= 15 is 0 Å². The molecule has 0 N–H and O–H groups in total. The SMILES string of the molecule is CC(C#N)CN(C)Cc1nc2cc(Cl)ccc2n1C. The Hall–Kier alpha value is -1.57. The molecule has 0 fully saturated rings. The number of aryl methyl sites for hydroxylation is 1. The Morgan fingerprint density at radius 3 is 2.95 bits per heavy atom. The number of nitriles is 1. The van der Waals surface area contributed by atoms with Crippen LogP contribution in [0.1, 0.15) is 12.7 Å². The first-order valence-corrected chi connectivity index (χ1v) is 6.58. The molecular formula is C14H17ClN4. The fraction of sp³-hybridized carbons (Fsp3) is 0.429. The Balaban J connectivity index is 2.21. The van der Waals surface area contributed by atoms with E-state index in [1.165, 1.54) is 0 Å². The molecule has 0 aliphatic rings. The summed E-state index contributed by atoms with van der Waals surface area (Å²) in [6.45, 7) is 3.38. The lowest BCUT2D eigenvalue weighted by atomic mass is 10.2. The van der Waals surface area contributed by atoms with Crippen LogP contribution in [0, 0.1) is 17.2 Å². The molecule has 0 saturated carbocycles. The summed E-state index contributed by atoms with van der Waals surface area (Å²) in [6, 6.07) is 7.97. The zero-order valence-corrected chi connectivity index (χ0v) is 12.1. The first-order valence-electron chi connectivity index (χ1n) is 6.20. The second-order valence-corrected chi connectivity index (χ2v) is 5.38. The average molecular weight is 277 g/mol. The summed E-state index contributed by atoms with van der Waals surface area (Å²) in [5.74, 6) is 0.999. The van der Waals surface area contributed by atoms with Gasteiger partial charge in [-0.3, -0.25) is 4.90 Å². The summed E-state index contributed by atoms with van der Waals surface area (Å²) in [4.78, 5) is 6.71. The lowest BCUT2D eigenvalue weighted by molar-refractivity contribution is 0.293. The minimum atomic E-state index is 0.0223. The molecule has 0 bridgehead atoms. The Bertz CT molecular complexity index is 626. The number of halogens is 1. The maximum atomic E-state index is 8.84. The van der Waals surface area contributed by atoms with Crippen LogP contribution in [0.15, 0.2) is 18.2 Å². The van der Waals surface area contributed by atoms with Gasteiger partial charge in [-0.25, -0.2) is 4.98 Å². The van der Waals surface area contributed by atoms with Crippen molar-refractivity contribution in [3.63, 3.8) is 0 Å². The van der Waals surface area contributed by atoms with Gasteiger partial charge in [0.05, 0.1) is 29.6 Å². The van der Waals surface area contributed by atoms with Gasteiger partial charge >= 0.3 is 0 Å². The van der Waals surface area contributed by atoms with E-state index in [1.807, 2.05) is 39.2 Å². The first-order chi connectivity index (χ1) is 9.01. The fourth-order valence-electron chi connectivity index (χ4n) is 2.18. The largest absolute Gasteiger partial charge is 0.330 e. The molecule has 1 unspecified atom stereocenters. The summed E-state index contributed by atoms with van der Waals surface area (Å²) in [5, 5.41) is 9.53. The molecule has 4 nitrogen and oxygen atoms in total. The first kappa shape index (κ1) is 13.9. The normalized spacial score (nSPS) is 12.8. The van der Waals surface area contributed by atoms with Crippen molar-refractivity contribution in [2.75, 3.05) is 13.6 Å². The molecule has 0 radical (unpaired) electrons. The summed E-state index contributed by atoms with van der Waals surface area (Å²) in [5.41, 5.74) is 1.98. The van der Waals surface area contributed by atoms with E-state index in [2.05, 4.69) is 20.5 Å². The van der Waals surface area contributed by atoms with Crippen LogP contribution >= 0.6 is 11.6 Å². The van der Waals surface area contributed by atoms with Crippen LogP contribution in [0.25, 0.3) is 11.0 Å². The Morgan fingerprint density at radius 1 is 1.53 bits per heavy atom. The van der Waals surface area contributed by atoms with Gasteiger partial charge in [0, 0.05) is 18.6 Å². The fourth-order valence-corrected chi connectivity index (χ4v) is 2.34. The van der Waals surface area contributed by atoms with Gasteiger partial charge in [-0.15, -0.1) is 0 Å². The minimum Gasteiger partial charge on any atom is -0.330 e. The zero-order chi connectivity index (χ0) is 14.0. The molecule has 0 saturated heterocycles. The number of rotatable bonds is 4. The third-order valence-electron chi connectivity index (χ3n) is 3.15. The summed E-state index contributed by atoms with van der Waals surface area (Å²) in [7, 11) is 4.00. The molecule has 5 heteroatoms. The standard InChI is InChI=1S/C14H17ClN4/c1-10(7-16)8-18(2)9-14-17-12-6-11(15)4-5-13(12)19(14)3/h4-6,10H,8-9H2,1-3H3. The predicted molar refractivity (Wildman–Crippen MR) is 76.8 cm³/mol. The summed E-state index contributed by atoms with van der Waals surface area (Å²) >= 11 is 5.98. The molecule has 0 aliphatic heterocycles. The van der Waals surface area contributed by atoms with Gasteiger partial charge in [0.2, 0.25) is 0 Å². The van der Waals surface area contributed by atoms with Gasteiger partial charge < -0.3 is 4.57 Å². The molecule has 0 amide bonds. The number of hydrogen-bond acceptors (Lipinski definition) is 3. The smallest absolute Gasteiger partial charge is 0.123 e. The van der Waals surface area contributed by atoms with Crippen molar-refractivity contribution >= 4 is 22.6 Å². The van der Waals surface area contributed by atoms with Gasteiger partial charge in [-0.2, -0.15) is 5.26 Å². The van der Waals surface area contributed by atoms with Crippen LogP contribution in [0.4, 0.5) is 0 Å². The molecule has 2 rings (SSSR count). The lowest BCUT2D eigenvalue weighted by Crippen LogP contribution is -2.24. The van der Waals surface area contributed by atoms with E-state index in [0.29, 0.717) is 5.02 Å². The second kappa shape index (κ2) is 5.60. The van der Waals surface area contributed by atoms with Crippen LogP contribution in [0.5, 0.6) is 0 Å². The maximum Gasteiger partial charge on any atom is 0.123 e. The molecule has 0 spiro atoms. The molecule has 1 atom stereocenters. The number of hydrogen-bond donors (Lipinski definition) is 0. The maximum absolute atomic E-state index is 8.84. The number of nitrogens with zero attached hydrogens (tertiary/aromatic N) is 4. The van der Waals surface area contributed by atoms with Gasteiger partial charge in [0.15, 0.2) is 0 Å². The highest BCUT2D eigenvalue weighted by atomic mass is 35.5. The van der Waals surface area contributed by atoms with Crippen LogP contribution in [-0.4, -0.2) is 28.0 Å². The lowest BCUT2D eigenvalue weighted by Gasteiger charge is -2.17. The van der Waals surface area contributed by atoms with Crippen LogP contribution in [0.2, 0.25) is 5.02 Å². The van der Waals surface area contributed by atoms with Gasteiger partial charge in [0.25, 0.3) is 0 Å².